The van der Waals surface area contributed by atoms with Gasteiger partial charge in [-0.05, 0) is 31.2 Å². The van der Waals surface area contributed by atoms with E-state index in [4.69, 9.17) is 11.6 Å². The first kappa shape index (κ1) is 13.1. The Morgan fingerprint density at radius 1 is 0.955 bits per heavy atom. The topological polar surface area (TPSA) is 35.1 Å². The second-order valence-corrected chi connectivity index (χ2v) is 5.52. The molecule has 0 aliphatic heterocycles. The zero-order valence-corrected chi connectivity index (χ0v) is 12.7. The van der Waals surface area contributed by atoms with Crippen molar-refractivity contribution in [2.24, 2.45) is 0 Å². The highest BCUT2D eigenvalue weighted by Crippen LogP contribution is 2.25. The van der Waals surface area contributed by atoms with Gasteiger partial charge in [-0.15, -0.1) is 0 Å². The van der Waals surface area contributed by atoms with Gasteiger partial charge in [-0.1, -0.05) is 41.9 Å². The van der Waals surface area contributed by atoms with Gasteiger partial charge in [0.25, 0.3) is 0 Å². The van der Waals surface area contributed by atoms with Crippen molar-refractivity contribution < 1.29 is 0 Å². The van der Waals surface area contributed by atoms with Gasteiger partial charge >= 0.3 is 0 Å². The van der Waals surface area contributed by atoms with Crippen LogP contribution in [0.2, 0.25) is 5.02 Å². The molecule has 4 aromatic rings. The van der Waals surface area contributed by atoms with E-state index in [0.29, 0.717) is 0 Å². The molecular weight excluding hydrogens is 296 g/mol. The first-order chi connectivity index (χ1) is 10.7. The van der Waals surface area contributed by atoms with Crippen LogP contribution in [-0.2, 0) is 0 Å². The second kappa shape index (κ2) is 5.00. The fraction of sp³-hybridized carbons (Fsp3) is 0.0588. The van der Waals surface area contributed by atoms with Crippen molar-refractivity contribution in [1.29, 1.82) is 0 Å². The summed E-state index contributed by atoms with van der Waals surface area (Å²) in [4.78, 5) is 4.55. The zero-order valence-electron chi connectivity index (χ0n) is 11.9. The Hall–Kier alpha value is -2.59. The molecule has 22 heavy (non-hydrogen) atoms. The van der Waals surface area contributed by atoms with Crippen LogP contribution in [0.4, 0.5) is 0 Å². The minimum Gasteiger partial charge on any atom is -0.263 e. The average molecular weight is 309 g/mol. The third-order valence-electron chi connectivity index (χ3n) is 3.64. The van der Waals surface area contributed by atoms with E-state index in [2.05, 4.69) is 14.5 Å². The first-order valence-electron chi connectivity index (χ1n) is 6.98. The van der Waals surface area contributed by atoms with Gasteiger partial charge < -0.3 is 0 Å². The number of rotatable bonds is 2. The monoisotopic (exact) mass is 308 g/mol. The molecule has 0 atom stereocenters. The number of imidazole rings is 1. The molecule has 2 heterocycles. The van der Waals surface area contributed by atoms with Crippen molar-refractivity contribution in [3.63, 3.8) is 0 Å². The van der Waals surface area contributed by atoms with Gasteiger partial charge in [0, 0.05) is 10.6 Å². The van der Waals surface area contributed by atoms with E-state index in [9.17, 15) is 0 Å². The molecule has 0 spiro atoms. The summed E-state index contributed by atoms with van der Waals surface area (Å²) >= 11 is 5.97. The predicted octanol–water partition coefficient (Wildman–Crippen LogP) is 4.15. The molecule has 108 valence electrons. The van der Waals surface area contributed by atoms with Gasteiger partial charge in [-0.3, -0.25) is 4.40 Å². The van der Waals surface area contributed by atoms with Gasteiger partial charge in [0.2, 0.25) is 5.78 Å². The molecular formula is C17H13ClN4. The highest BCUT2D eigenvalue weighted by Gasteiger charge is 2.15. The normalized spacial score (nSPS) is 11.2. The molecule has 0 amide bonds. The van der Waals surface area contributed by atoms with Crippen LogP contribution < -0.4 is 0 Å². The maximum Gasteiger partial charge on any atom is 0.237 e. The largest absolute Gasteiger partial charge is 0.263 e. The van der Waals surface area contributed by atoms with Gasteiger partial charge in [0.1, 0.15) is 5.82 Å². The molecule has 4 rings (SSSR count). The van der Waals surface area contributed by atoms with Gasteiger partial charge in [-0.2, -0.15) is 9.78 Å². The maximum absolute atomic E-state index is 5.97. The lowest BCUT2D eigenvalue weighted by Gasteiger charge is -2.00. The van der Waals surface area contributed by atoms with Crippen LogP contribution in [0.1, 0.15) is 5.82 Å². The van der Waals surface area contributed by atoms with Crippen molar-refractivity contribution in [3.8, 4) is 16.9 Å². The third kappa shape index (κ3) is 2.00. The lowest BCUT2D eigenvalue weighted by atomic mass is 10.2. The summed E-state index contributed by atoms with van der Waals surface area (Å²) in [6.45, 7) is 1.98. The number of hydrogen-bond donors (Lipinski definition) is 0. The lowest BCUT2D eigenvalue weighted by Crippen LogP contribution is -1.96. The average Bonchev–Trinajstić information content (AvgIpc) is 3.11. The molecule has 0 saturated carbocycles. The molecule has 0 aliphatic carbocycles. The molecule has 5 heteroatoms. The molecule has 2 aromatic heterocycles. The van der Waals surface area contributed by atoms with E-state index in [1.807, 2.05) is 72.4 Å². The molecule has 0 N–H and O–H groups in total. The minimum atomic E-state index is 0.723. The van der Waals surface area contributed by atoms with Crippen molar-refractivity contribution in [3.05, 3.63) is 71.6 Å². The number of nitrogens with zero attached hydrogens (tertiary/aromatic N) is 4. The van der Waals surface area contributed by atoms with Crippen LogP contribution in [-0.4, -0.2) is 19.2 Å². The highest BCUT2D eigenvalue weighted by molar-refractivity contribution is 6.30. The fourth-order valence-corrected chi connectivity index (χ4v) is 2.74. The maximum atomic E-state index is 5.97. The molecule has 0 bridgehead atoms. The number of para-hydroxylation sites is 1. The number of halogens is 1. The zero-order chi connectivity index (χ0) is 15.1. The molecule has 0 fully saturated rings. The van der Waals surface area contributed by atoms with Crippen LogP contribution in [0.25, 0.3) is 22.7 Å². The number of benzene rings is 2. The number of fused-ring (bicyclic) bond motifs is 1. The third-order valence-corrected chi connectivity index (χ3v) is 3.89. The fourth-order valence-electron chi connectivity index (χ4n) is 2.61. The summed E-state index contributed by atoms with van der Waals surface area (Å²) in [7, 11) is 0. The quantitative estimate of drug-likeness (QED) is 0.557. The summed E-state index contributed by atoms with van der Waals surface area (Å²) in [5, 5.41) is 5.34. The van der Waals surface area contributed by atoms with Gasteiger partial charge in [0.05, 0.1) is 17.6 Å². The van der Waals surface area contributed by atoms with E-state index in [1.165, 1.54) is 0 Å². The van der Waals surface area contributed by atoms with E-state index >= 15 is 0 Å². The number of aryl methyl sites for hydroxylation is 1. The standard InChI is InChI=1S/C17H13ClN4/c1-12-20-22(15-5-3-2-4-6-15)17-19-11-16(21(12)17)13-7-9-14(18)10-8-13/h2-11H,1H3. The SMILES string of the molecule is Cc1nn(-c2ccccc2)c2ncc(-c3ccc(Cl)cc3)n12. The molecule has 0 aliphatic rings. The summed E-state index contributed by atoms with van der Waals surface area (Å²) in [5.74, 6) is 1.69. The molecule has 0 saturated heterocycles. The Kier molecular flexibility index (Phi) is 2.98. The van der Waals surface area contributed by atoms with Crippen LogP contribution >= 0.6 is 11.6 Å². The number of hydrogen-bond acceptors (Lipinski definition) is 2. The highest BCUT2D eigenvalue weighted by atomic mass is 35.5. The Balaban J connectivity index is 1.93. The first-order valence-corrected chi connectivity index (χ1v) is 7.36. The van der Waals surface area contributed by atoms with Crippen molar-refractivity contribution in [1.82, 2.24) is 19.2 Å². The molecule has 0 unspecified atom stereocenters. The van der Waals surface area contributed by atoms with Gasteiger partial charge in [0.15, 0.2) is 0 Å². The van der Waals surface area contributed by atoms with Crippen molar-refractivity contribution >= 4 is 17.4 Å². The van der Waals surface area contributed by atoms with E-state index in [1.54, 1.807) is 0 Å². The minimum absolute atomic E-state index is 0.723. The van der Waals surface area contributed by atoms with Crippen LogP contribution in [0.15, 0.2) is 60.8 Å². The predicted molar refractivity (Wildman–Crippen MR) is 87.5 cm³/mol. The van der Waals surface area contributed by atoms with Crippen LogP contribution in [0, 0.1) is 6.92 Å². The molecule has 2 aromatic carbocycles. The van der Waals surface area contributed by atoms with E-state index in [-0.39, 0.29) is 0 Å². The van der Waals surface area contributed by atoms with E-state index in [0.717, 1.165) is 33.6 Å². The van der Waals surface area contributed by atoms with Crippen LogP contribution in [0.3, 0.4) is 0 Å². The van der Waals surface area contributed by atoms with Crippen molar-refractivity contribution in [2.45, 2.75) is 6.92 Å². The molecule has 0 radical (unpaired) electrons. The molecule has 4 nitrogen and oxygen atoms in total. The summed E-state index contributed by atoms with van der Waals surface area (Å²) in [6.07, 6.45) is 1.87. The smallest absolute Gasteiger partial charge is 0.237 e. The summed E-state index contributed by atoms with van der Waals surface area (Å²) in [5.41, 5.74) is 3.06. The second-order valence-electron chi connectivity index (χ2n) is 5.08. The van der Waals surface area contributed by atoms with Crippen LogP contribution in [0.5, 0.6) is 0 Å². The number of aromatic nitrogens is 4. The van der Waals surface area contributed by atoms with Gasteiger partial charge in [-0.25, -0.2) is 4.98 Å². The summed E-state index contributed by atoms with van der Waals surface area (Å²) < 4.78 is 3.91. The Labute approximate surface area is 132 Å². The Morgan fingerprint density at radius 3 is 2.41 bits per heavy atom. The lowest BCUT2D eigenvalue weighted by molar-refractivity contribution is 0.874. The summed E-state index contributed by atoms with van der Waals surface area (Å²) in [6, 6.07) is 17.8. The Bertz CT molecular complexity index is 936. The Morgan fingerprint density at radius 2 is 1.68 bits per heavy atom. The van der Waals surface area contributed by atoms with E-state index < -0.39 is 0 Å². The van der Waals surface area contributed by atoms with Crippen molar-refractivity contribution in [2.75, 3.05) is 0 Å².